The van der Waals surface area contributed by atoms with Crippen LogP contribution in [0, 0.1) is 0 Å². The number of benzene rings is 1. The Bertz CT molecular complexity index is 886. The first kappa shape index (κ1) is 13.9. The molecular formula is C13H12N6O3. The molecule has 2 aromatic heterocycles. The van der Waals surface area contributed by atoms with Crippen LogP contribution >= 0.6 is 0 Å². The van der Waals surface area contributed by atoms with Gasteiger partial charge >= 0.3 is 5.69 Å². The van der Waals surface area contributed by atoms with E-state index in [0.717, 1.165) is 14.6 Å². The number of ether oxygens (including phenoxy) is 1. The number of carbonyl (C=O) groups excluding carboxylic acids is 1. The first-order valence-corrected chi connectivity index (χ1v) is 6.33. The summed E-state index contributed by atoms with van der Waals surface area (Å²) in [7, 11) is 1.46. The number of nitrogens with two attached hydrogens (primary N) is 1. The number of methoxy groups -OCH3 is 1. The molecule has 9 heteroatoms. The predicted molar refractivity (Wildman–Crippen MR) is 75.1 cm³/mol. The zero-order valence-electron chi connectivity index (χ0n) is 11.6. The van der Waals surface area contributed by atoms with Crippen LogP contribution in [0.15, 0.2) is 41.5 Å². The van der Waals surface area contributed by atoms with Gasteiger partial charge in [-0.2, -0.15) is 4.68 Å². The Kier molecular flexibility index (Phi) is 3.39. The van der Waals surface area contributed by atoms with Crippen LogP contribution in [0.2, 0.25) is 0 Å². The van der Waals surface area contributed by atoms with Crippen LogP contribution < -0.4 is 11.4 Å². The number of primary amides is 1. The average molecular weight is 300 g/mol. The molecule has 1 aromatic carbocycles. The van der Waals surface area contributed by atoms with Crippen molar-refractivity contribution in [3.8, 4) is 0 Å². The molecule has 0 aliphatic heterocycles. The van der Waals surface area contributed by atoms with Crippen LogP contribution in [0.5, 0.6) is 0 Å². The molecule has 3 rings (SSSR count). The van der Waals surface area contributed by atoms with Crippen molar-refractivity contribution in [3.63, 3.8) is 0 Å². The highest BCUT2D eigenvalue weighted by atomic mass is 16.5. The minimum Gasteiger partial charge on any atom is -0.364 e. The molecule has 1 amide bonds. The lowest BCUT2D eigenvalue weighted by Crippen LogP contribution is -2.34. The first-order chi connectivity index (χ1) is 10.6. The number of hydrogen-bond donors (Lipinski definition) is 1. The predicted octanol–water partition coefficient (Wildman–Crippen LogP) is -0.422. The van der Waals surface area contributed by atoms with Gasteiger partial charge in [0.25, 0.3) is 5.91 Å². The highest BCUT2D eigenvalue weighted by Crippen LogP contribution is 2.15. The molecule has 0 saturated carbocycles. The molecule has 0 aliphatic rings. The molecule has 0 saturated heterocycles. The fraction of sp³-hybridized carbons (Fsp3) is 0.154. The lowest BCUT2D eigenvalue weighted by Gasteiger charge is -2.16. The van der Waals surface area contributed by atoms with E-state index in [0.29, 0.717) is 0 Å². The summed E-state index contributed by atoms with van der Waals surface area (Å²) in [5.41, 5.74) is 5.27. The van der Waals surface area contributed by atoms with Gasteiger partial charge < -0.3 is 10.5 Å². The number of aromatic nitrogens is 5. The highest BCUT2D eigenvalue weighted by Gasteiger charge is 2.20. The van der Waals surface area contributed by atoms with Gasteiger partial charge in [0.1, 0.15) is 6.33 Å². The number of rotatable bonds is 4. The van der Waals surface area contributed by atoms with Gasteiger partial charge in [-0.15, -0.1) is 5.10 Å². The SMILES string of the molecule is COC(c1ccccc1)n1nnc2c(C(N)=O)ncn2c1=O. The Morgan fingerprint density at radius 3 is 2.68 bits per heavy atom. The van der Waals surface area contributed by atoms with Crippen molar-refractivity contribution in [2.24, 2.45) is 5.73 Å². The van der Waals surface area contributed by atoms with Crippen LogP contribution in [0.25, 0.3) is 5.65 Å². The lowest BCUT2D eigenvalue weighted by molar-refractivity contribution is 0.0593. The van der Waals surface area contributed by atoms with Crippen molar-refractivity contribution in [1.29, 1.82) is 0 Å². The fourth-order valence-corrected chi connectivity index (χ4v) is 2.13. The van der Waals surface area contributed by atoms with Crippen molar-refractivity contribution in [3.05, 3.63) is 58.4 Å². The second-order valence-corrected chi connectivity index (χ2v) is 4.47. The van der Waals surface area contributed by atoms with E-state index in [1.165, 1.54) is 13.4 Å². The van der Waals surface area contributed by atoms with E-state index in [4.69, 9.17) is 10.5 Å². The second-order valence-electron chi connectivity index (χ2n) is 4.47. The van der Waals surface area contributed by atoms with Crippen molar-refractivity contribution in [1.82, 2.24) is 24.4 Å². The smallest absolute Gasteiger partial charge is 0.355 e. The third-order valence-electron chi connectivity index (χ3n) is 3.14. The molecule has 3 aromatic rings. The lowest BCUT2D eigenvalue weighted by atomic mass is 10.2. The van der Waals surface area contributed by atoms with E-state index in [2.05, 4.69) is 15.3 Å². The third-order valence-corrected chi connectivity index (χ3v) is 3.14. The molecule has 1 unspecified atom stereocenters. The Hall–Kier alpha value is -3.07. The summed E-state index contributed by atoms with van der Waals surface area (Å²) in [5.74, 6) is -0.777. The number of fused-ring (bicyclic) bond motifs is 1. The largest absolute Gasteiger partial charge is 0.364 e. The van der Waals surface area contributed by atoms with Gasteiger partial charge in [0.15, 0.2) is 17.6 Å². The maximum Gasteiger partial charge on any atom is 0.355 e. The standard InChI is InChI=1S/C13H12N6O3/c1-22-12(8-5-3-2-4-6-8)19-13(21)18-7-15-9(10(14)20)11(18)16-17-19/h2-7,12H,1H3,(H2,14,20). The van der Waals surface area contributed by atoms with Crippen molar-refractivity contribution in [2.45, 2.75) is 6.23 Å². The maximum atomic E-state index is 12.5. The van der Waals surface area contributed by atoms with Gasteiger partial charge in [-0.25, -0.2) is 14.2 Å². The number of carbonyl (C=O) groups is 1. The molecule has 0 bridgehead atoms. The van der Waals surface area contributed by atoms with E-state index >= 15 is 0 Å². The van der Waals surface area contributed by atoms with E-state index < -0.39 is 17.8 Å². The molecule has 1 atom stereocenters. The molecule has 0 aliphatic carbocycles. The molecule has 2 heterocycles. The van der Waals surface area contributed by atoms with E-state index in [-0.39, 0.29) is 11.3 Å². The Balaban J connectivity index is 2.18. The Morgan fingerprint density at radius 2 is 2.05 bits per heavy atom. The second kappa shape index (κ2) is 5.37. The number of hydrogen-bond acceptors (Lipinski definition) is 6. The normalized spacial score (nSPS) is 12.4. The number of amides is 1. The topological polar surface area (TPSA) is 117 Å². The summed E-state index contributed by atoms with van der Waals surface area (Å²) in [6.07, 6.45) is 0.436. The van der Waals surface area contributed by atoms with E-state index in [9.17, 15) is 9.59 Å². The highest BCUT2D eigenvalue weighted by molar-refractivity contribution is 5.96. The molecular weight excluding hydrogens is 288 g/mol. The maximum absolute atomic E-state index is 12.5. The zero-order valence-corrected chi connectivity index (χ0v) is 11.6. The van der Waals surface area contributed by atoms with Gasteiger partial charge in [-0.1, -0.05) is 35.5 Å². The quantitative estimate of drug-likeness (QED) is 0.699. The fourth-order valence-electron chi connectivity index (χ4n) is 2.13. The molecule has 0 spiro atoms. The minimum absolute atomic E-state index is 0.0108. The van der Waals surface area contributed by atoms with Crippen LogP contribution in [-0.4, -0.2) is 37.4 Å². The summed E-state index contributed by atoms with van der Waals surface area (Å²) in [6.45, 7) is 0. The Morgan fingerprint density at radius 1 is 1.32 bits per heavy atom. The molecule has 2 N–H and O–H groups in total. The van der Waals surface area contributed by atoms with Crippen LogP contribution in [0.4, 0.5) is 0 Å². The van der Waals surface area contributed by atoms with Gasteiger partial charge in [0.2, 0.25) is 0 Å². The molecule has 9 nitrogen and oxygen atoms in total. The van der Waals surface area contributed by atoms with Crippen molar-refractivity contribution < 1.29 is 9.53 Å². The van der Waals surface area contributed by atoms with E-state index in [1.807, 2.05) is 18.2 Å². The number of imidazole rings is 1. The van der Waals surface area contributed by atoms with Gasteiger partial charge in [0.05, 0.1) is 0 Å². The average Bonchev–Trinajstić information content (AvgIpc) is 2.96. The Labute approximate surface area is 124 Å². The number of nitrogens with zero attached hydrogens (tertiary/aromatic N) is 5. The van der Waals surface area contributed by atoms with E-state index in [1.54, 1.807) is 12.1 Å². The summed E-state index contributed by atoms with van der Waals surface area (Å²) in [5, 5.41) is 7.68. The van der Waals surface area contributed by atoms with Crippen LogP contribution in [0.1, 0.15) is 22.3 Å². The molecule has 0 radical (unpaired) electrons. The van der Waals surface area contributed by atoms with Crippen molar-refractivity contribution in [2.75, 3.05) is 7.11 Å². The van der Waals surface area contributed by atoms with Gasteiger partial charge in [0, 0.05) is 12.7 Å². The summed E-state index contributed by atoms with van der Waals surface area (Å²) in [6, 6.07) is 9.09. The van der Waals surface area contributed by atoms with Crippen LogP contribution in [-0.2, 0) is 4.74 Å². The molecule has 112 valence electrons. The minimum atomic E-state index is -0.777. The van der Waals surface area contributed by atoms with Gasteiger partial charge in [-0.05, 0) is 0 Å². The van der Waals surface area contributed by atoms with Gasteiger partial charge in [-0.3, -0.25) is 4.79 Å². The third kappa shape index (κ3) is 2.13. The molecule has 0 fully saturated rings. The van der Waals surface area contributed by atoms with Crippen molar-refractivity contribution >= 4 is 11.6 Å². The zero-order chi connectivity index (χ0) is 15.7. The summed E-state index contributed by atoms with van der Waals surface area (Å²) >= 11 is 0. The van der Waals surface area contributed by atoms with Crippen LogP contribution in [0.3, 0.4) is 0 Å². The molecule has 22 heavy (non-hydrogen) atoms. The summed E-state index contributed by atoms with van der Waals surface area (Å²) < 4.78 is 7.51. The monoisotopic (exact) mass is 300 g/mol. The summed E-state index contributed by atoms with van der Waals surface area (Å²) in [4.78, 5) is 27.5. The first-order valence-electron chi connectivity index (χ1n) is 6.33.